The molecule has 0 atom stereocenters. The summed E-state index contributed by atoms with van der Waals surface area (Å²) in [5.74, 6) is -0.618. The van der Waals surface area contributed by atoms with Crippen LogP contribution in [-0.2, 0) is 22.4 Å². The molecule has 0 aliphatic carbocycles. The number of amides is 2. The van der Waals surface area contributed by atoms with E-state index in [2.05, 4.69) is 19.2 Å². The van der Waals surface area contributed by atoms with Crippen molar-refractivity contribution in [2.75, 3.05) is 23.9 Å². The monoisotopic (exact) mass is 643 g/mol. The number of benzene rings is 4. The standard InChI is InChI=1S/C35H31ClFN3O4S/c1-4-22-6-12-27(13-7-22)39-35-40(28-16-8-23(5-2)9-17-28)34(42)31(45-35)20-24-18-29(36)33(30(19-24)43-3)44-21-32(41)38-26-14-10-25(37)11-15-26/h6-20H,4-5,21H2,1-3H3,(H,38,41)/b31-20-,39-35?. The molecule has 1 saturated heterocycles. The number of anilines is 2. The lowest BCUT2D eigenvalue weighted by molar-refractivity contribution is -0.118. The maximum atomic E-state index is 13.8. The van der Waals surface area contributed by atoms with Crippen molar-refractivity contribution in [1.29, 1.82) is 0 Å². The third kappa shape index (κ3) is 7.74. The molecule has 45 heavy (non-hydrogen) atoms. The molecule has 4 aromatic rings. The van der Waals surface area contributed by atoms with Crippen LogP contribution >= 0.6 is 23.4 Å². The number of nitrogens with zero attached hydrogens (tertiary/aromatic N) is 2. The van der Waals surface area contributed by atoms with Crippen molar-refractivity contribution in [2.24, 2.45) is 4.99 Å². The number of halogens is 2. The number of amidine groups is 1. The normalized spacial score (nSPS) is 14.7. The van der Waals surface area contributed by atoms with Gasteiger partial charge in [0.25, 0.3) is 11.8 Å². The van der Waals surface area contributed by atoms with Crippen molar-refractivity contribution in [2.45, 2.75) is 26.7 Å². The first-order chi connectivity index (χ1) is 21.8. The van der Waals surface area contributed by atoms with Gasteiger partial charge >= 0.3 is 0 Å². The molecule has 230 valence electrons. The SMILES string of the molecule is CCc1ccc(N=C2S/C(=C\c3cc(Cl)c(OCC(=O)Nc4ccc(F)cc4)c(OC)c3)C(=O)N2c2ccc(CC)cc2)cc1. The van der Waals surface area contributed by atoms with Crippen LogP contribution in [0.15, 0.2) is 94.8 Å². The van der Waals surface area contributed by atoms with E-state index in [9.17, 15) is 14.0 Å². The topological polar surface area (TPSA) is 80.2 Å². The number of hydrogen-bond donors (Lipinski definition) is 1. The van der Waals surface area contributed by atoms with Crippen molar-refractivity contribution in [1.82, 2.24) is 0 Å². The van der Waals surface area contributed by atoms with E-state index >= 15 is 0 Å². The molecule has 2 amide bonds. The number of thioether (sulfide) groups is 1. The van der Waals surface area contributed by atoms with Crippen LogP contribution in [0.1, 0.15) is 30.5 Å². The minimum absolute atomic E-state index is 0.177. The Kier molecular flexibility index (Phi) is 10.2. The number of ether oxygens (including phenoxy) is 2. The molecular formula is C35H31ClFN3O4S. The van der Waals surface area contributed by atoms with Gasteiger partial charge in [0, 0.05) is 5.69 Å². The minimum atomic E-state index is -0.456. The first-order valence-electron chi connectivity index (χ1n) is 14.3. The van der Waals surface area contributed by atoms with Crippen molar-refractivity contribution < 1.29 is 23.5 Å². The van der Waals surface area contributed by atoms with Gasteiger partial charge in [-0.3, -0.25) is 14.5 Å². The zero-order chi connectivity index (χ0) is 31.9. The van der Waals surface area contributed by atoms with Crippen LogP contribution in [0.5, 0.6) is 11.5 Å². The first-order valence-corrected chi connectivity index (χ1v) is 15.5. The van der Waals surface area contributed by atoms with Gasteiger partial charge in [0.1, 0.15) is 5.82 Å². The summed E-state index contributed by atoms with van der Waals surface area (Å²) < 4.78 is 24.4. The highest BCUT2D eigenvalue weighted by Crippen LogP contribution is 2.41. The van der Waals surface area contributed by atoms with E-state index in [1.54, 1.807) is 23.1 Å². The van der Waals surface area contributed by atoms with Gasteiger partial charge in [0.05, 0.1) is 28.4 Å². The molecule has 0 unspecified atom stereocenters. The summed E-state index contributed by atoms with van der Waals surface area (Å²) in [4.78, 5) is 33.1. The molecule has 0 radical (unpaired) electrons. The molecular weight excluding hydrogens is 613 g/mol. The molecule has 0 saturated carbocycles. The molecule has 1 N–H and O–H groups in total. The Hall–Kier alpha value is -4.60. The lowest BCUT2D eigenvalue weighted by Crippen LogP contribution is -2.28. The van der Waals surface area contributed by atoms with Crippen LogP contribution in [0.25, 0.3) is 6.08 Å². The number of aliphatic imine (C=N–C) groups is 1. The molecule has 1 heterocycles. The Labute approximate surface area is 270 Å². The van der Waals surface area contributed by atoms with Gasteiger partial charge in [0.15, 0.2) is 23.3 Å². The van der Waals surface area contributed by atoms with Gasteiger partial charge in [-0.05, 0) is 108 Å². The van der Waals surface area contributed by atoms with E-state index in [0.717, 1.165) is 24.2 Å². The predicted molar refractivity (Wildman–Crippen MR) is 180 cm³/mol. The Bertz CT molecular complexity index is 1760. The van der Waals surface area contributed by atoms with Crippen LogP contribution in [0.3, 0.4) is 0 Å². The third-order valence-corrected chi connectivity index (χ3v) is 8.25. The van der Waals surface area contributed by atoms with Crippen molar-refractivity contribution in [3.8, 4) is 11.5 Å². The number of aryl methyl sites for hydroxylation is 2. The second-order valence-corrected chi connectivity index (χ2v) is 11.5. The maximum Gasteiger partial charge on any atom is 0.271 e. The lowest BCUT2D eigenvalue weighted by atomic mass is 10.1. The van der Waals surface area contributed by atoms with Crippen molar-refractivity contribution in [3.05, 3.63) is 117 Å². The number of rotatable bonds is 10. The fourth-order valence-electron chi connectivity index (χ4n) is 4.56. The van der Waals surface area contributed by atoms with Crippen molar-refractivity contribution >= 4 is 63.5 Å². The predicted octanol–water partition coefficient (Wildman–Crippen LogP) is 8.44. The van der Waals surface area contributed by atoms with Crippen LogP contribution in [0.4, 0.5) is 21.5 Å². The number of hydrogen-bond acceptors (Lipinski definition) is 6. The van der Waals surface area contributed by atoms with Gasteiger partial charge in [-0.25, -0.2) is 9.38 Å². The van der Waals surface area contributed by atoms with Gasteiger partial charge in [0.2, 0.25) is 0 Å². The smallest absolute Gasteiger partial charge is 0.271 e. The average molecular weight is 644 g/mol. The quantitative estimate of drug-likeness (QED) is 0.175. The summed E-state index contributed by atoms with van der Waals surface area (Å²) >= 11 is 7.84. The van der Waals surface area contributed by atoms with Gasteiger partial charge in [-0.15, -0.1) is 0 Å². The highest BCUT2D eigenvalue weighted by atomic mass is 35.5. The third-order valence-electron chi connectivity index (χ3n) is 7.00. The molecule has 0 aromatic heterocycles. The summed E-state index contributed by atoms with van der Waals surface area (Å²) in [6.45, 7) is 3.82. The molecule has 5 rings (SSSR count). The Morgan fingerprint density at radius 1 is 0.978 bits per heavy atom. The van der Waals surface area contributed by atoms with Crippen LogP contribution in [0.2, 0.25) is 5.02 Å². The zero-order valence-corrected chi connectivity index (χ0v) is 26.5. The zero-order valence-electron chi connectivity index (χ0n) is 25.0. The second-order valence-electron chi connectivity index (χ2n) is 10.1. The second kappa shape index (κ2) is 14.5. The fraction of sp³-hybridized carbons (Fsp3) is 0.171. The summed E-state index contributed by atoms with van der Waals surface area (Å²) in [6, 6.07) is 24.5. The Morgan fingerprint density at radius 3 is 2.24 bits per heavy atom. The summed E-state index contributed by atoms with van der Waals surface area (Å²) in [5.41, 5.74) is 4.86. The largest absolute Gasteiger partial charge is 0.493 e. The molecule has 1 aliphatic rings. The van der Waals surface area contributed by atoms with Crippen LogP contribution in [0, 0.1) is 5.82 Å². The molecule has 1 fully saturated rings. The van der Waals surface area contributed by atoms with E-state index in [1.165, 1.54) is 54.3 Å². The van der Waals surface area contributed by atoms with Gasteiger partial charge < -0.3 is 14.8 Å². The molecule has 10 heteroatoms. The Morgan fingerprint density at radius 2 is 1.62 bits per heavy atom. The molecule has 1 aliphatic heterocycles. The van der Waals surface area contributed by atoms with Gasteiger partial charge in [-0.2, -0.15) is 0 Å². The van der Waals surface area contributed by atoms with Crippen molar-refractivity contribution in [3.63, 3.8) is 0 Å². The van der Waals surface area contributed by atoms with Gasteiger partial charge in [-0.1, -0.05) is 49.7 Å². The molecule has 0 spiro atoms. The summed E-state index contributed by atoms with van der Waals surface area (Å²) in [5, 5.41) is 3.36. The molecule has 4 aromatic carbocycles. The number of carbonyl (C=O) groups excluding carboxylic acids is 2. The fourth-order valence-corrected chi connectivity index (χ4v) is 5.83. The van der Waals surface area contributed by atoms with E-state index in [0.29, 0.717) is 21.3 Å². The molecule has 0 bridgehead atoms. The van der Waals surface area contributed by atoms with E-state index < -0.39 is 11.7 Å². The lowest BCUT2D eigenvalue weighted by Gasteiger charge is -2.16. The highest BCUT2D eigenvalue weighted by Gasteiger charge is 2.35. The summed E-state index contributed by atoms with van der Waals surface area (Å²) in [6.07, 6.45) is 3.54. The number of methoxy groups -OCH3 is 1. The van der Waals surface area contributed by atoms with E-state index in [4.69, 9.17) is 26.1 Å². The number of carbonyl (C=O) groups is 2. The Balaban J connectivity index is 1.40. The minimum Gasteiger partial charge on any atom is -0.493 e. The highest BCUT2D eigenvalue weighted by molar-refractivity contribution is 8.19. The summed E-state index contributed by atoms with van der Waals surface area (Å²) in [7, 11) is 1.46. The van der Waals surface area contributed by atoms with Crippen LogP contribution < -0.4 is 19.7 Å². The first kappa shape index (κ1) is 31.8. The average Bonchev–Trinajstić information content (AvgIpc) is 3.35. The van der Waals surface area contributed by atoms with E-state index in [1.807, 2.05) is 48.5 Å². The molecule has 7 nitrogen and oxygen atoms in total. The maximum absolute atomic E-state index is 13.8. The van der Waals surface area contributed by atoms with E-state index in [-0.39, 0.29) is 29.0 Å². The number of nitrogens with one attached hydrogen (secondary N) is 1. The van der Waals surface area contributed by atoms with Crippen LogP contribution in [-0.4, -0.2) is 30.7 Å².